The number of rotatable bonds is 3. The molecule has 4 rings (SSSR count). The van der Waals surface area contributed by atoms with E-state index >= 15 is 0 Å². The molecule has 0 fully saturated rings. The molecule has 4 heteroatoms. The molecule has 0 saturated heterocycles. The van der Waals surface area contributed by atoms with Crippen molar-refractivity contribution in [1.82, 2.24) is 0 Å². The van der Waals surface area contributed by atoms with Crippen molar-refractivity contribution >= 4 is 21.6 Å². The summed E-state index contributed by atoms with van der Waals surface area (Å²) < 4.78 is 24.6. The lowest BCUT2D eigenvalue weighted by Crippen LogP contribution is -1.84. The standard InChI is InChI=1S/C22H18O2S2/c1-25(23)21-13-19(15-9-5-3-7-11-17(15)21)20-14-22(26(2)24)18-12-8-4-6-10-16(18)20/h3-14H,1-2H3. The first-order chi connectivity index (χ1) is 12.6. The van der Waals surface area contributed by atoms with Gasteiger partial charge in [-0.2, -0.15) is 0 Å². The van der Waals surface area contributed by atoms with Crippen LogP contribution in [0, 0.1) is 0 Å². The SMILES string of the molecule is CS(=O)c1cc(-c2cc(S(C)=O)c3cccccc2-3)c2cccccc1-2. The molecule has 0 spiro atoms. The van der Waals surface area contributed by atoms with Crippen molar-refractivity contribution in [2.45, 2.75) is 9.79 Å². The number of hydrogen-bond acceptors (Lipinski definition) is 2. The fourth-order valence-electron chi connectivity index (χ4n) is 3.49. The summed E-state index contributed by atoms with van der Waals surface area (Å²) in [7, 11) is -2.17. The average Bonchev–Trinajstić information content (AvgIpc) is 2.91. The Morgan fingerprint density at radius 1 is 0.500 bits per heavy atom. The van der Waals surface area contributed by atoms with E-state index < -0.39 is 21.6 Å². The van der Waals surface area contributed by atoms with Crippen molar-refractivity contribution in [2.75, 3.05) is 12.5 Å². The van der Waals surface area contributed by atoms with Crippen LogP contribution in [0.2, 0.25) is 0 Å². The maximum absolute atomic E-state index is 12.3. The number of fused-ring (bicyclic) bond motifs is 2. The molecule has 0 bridgehead atoms. The van der Waals surface area contributed by atoms with Crippen LogP contribution in [0.3, 0.4) is 0 Å². The Hall–Kier alpha value is -2.30. The molecule has 0 amide bonds. The fourth-order valence-corrected chi connectivity index (χ4v) is 5.03. The van der Waals surface area contributed by atoms with Crippen molar-refractivity contribution in [1.29, 1.82) is 0 Å². The summed E-state index contributed by atoms with van der Waals surface area (Å²) in [4.78, 5) is 1.67. The monoisotopic (exact) mass is 378 g/mol. The summed E-state index contributed by atoms with van der Waals surface area (Å²) in [5, 5.41) is 0. The van der Waals surface area contributed by atoms with Crippen LogP contribution in [0.15, 0.2) is 82.6 Å². The van der Waals surface area contributed by atoms with Gasteiger partial charge in [-0.3, -0.25) is 8.42 Å². The van der Waals surface area contributed by atoms with E-state index in [-0.39, 0.29) is 0 Å². The van der Waals surface area contributed by atoms with E-state index in [1.165, 1.54) is 0 Å². The van der Waals surface area contributed by atoms with Crippen LogP contribution >= 0.6 is 0 Å². The minimum atomic E-state index is -1.08. The summed E-state index contributed by atoms with van der Waals surface area (Å²) >= 11 is 0. The van der Waals surface area contributed by atoms with Gasteiger partial charge in [0, 0.05) is 22.3 Å². The first-order valence-corrected chi connectivity index (χ1v) is 11.4. The highest BCUT2D eigenvalue weighted by molar-refractivity contribution is 7.84. The molecule has 130 valence electrons. The van der Waals surface area contributed by atoms with Gasteiger partial charge in [0.1, 0.15) is 0 Å². The van der Waals surface area contributed by atoms with Crippen LogP contribution in [0.4, 0.5) is 0 Å². The third kappa shape index (κ3) is 2.79. The van der Waals surface area contributed by atoms with Gasteiger partial charge < -0.3 is 0 Å². The first kappa shape index (κ1) is 17.1. The van der Waals surface area contributed by atoms with E-state index in [0.29, 0.717) is 0 Å². The van der Waals surface area contributed by atoms with Gasteiger partial charge in [0.05, 0.1) is 21.6 Å². The van der Waals surface area contributed by atoms with E-state index in [4.69, 9.17) is 0 Å². The summed E-state index contributed by atoms with van der Waals surface area (Å²) in [5.74, 6) is 0. The van der Waals surface area contributed by atoms with Gasteiger partial charge in [0.25, 0.3) is 0 Å². The Kier molecular flexibility index (Phi) is 4.47. The second-order valence-electron chi connectivity index (χ2n) is 6.23. The largest absolute Gasteiger partial charge is 0.255 e. The molecular weight excluding hydrogens is 360 g/mol. The number of hydrogen-bond donors (Lipinski definition) is 0. The summed E-state index contributed by atoms with van der Waals surface area (Å²) in [6, 6.07) is 24.1. The molecule has 0 aromatic rings. The quantitative estimate of drug-likeness (QED) is 0.501. The van der Waals surface area contributed by atoms with E-state index in [0.717, 1.165) is 43.2 Å². The van der Waals surface area contributed by atoms with Crippen LogP contribution in [-0.2, 0) is 21.6 Å². The molecule has 0 saturated carbocycles. The van der Waals surface area contributed by atoms with Crippen molar-refractivity contribution in [2.24, 2.45) is 0 Å². The molecule has 26 heavy (non-hydrogen) atoms. The van der Waals surface area contributed by atoms with Crippen LogP contribution in [0.25, 0.3) is 33.4 Å². The maximum Gasteiger partial charge on any atom is 0.0504 e. The molecule has 0 aliphatic heterocycles. The van der Waals surface area contributed by atoms with Gasteiger partial charge in [-0.25, -0.2) is 0 Å². The smallest absolute Gasteiger partial charge is 0.0504 e. The predicted molar refractivity (Wildman–Crippen MR) is 110 cm³/mol. The van der Waals surface area contributed by atoms with Crippen LogP contribution < -0.4 is 0 Å². The zero-order chi connectivity index (χ0) is 18.3. The lowest BCUT2D eigenvalue weighted by Gasteiger charge is -2.03. The lowest BCUT2D eigenvalue weighted by molar-refractivity contribution is 0.686. The van der Waals surface area contributed by atoms with Crippen molar-refractivity contribution in [3.8, 4) is 33.4 Å². The zero-order valence-electron chi connectivity index (χ0n) is 14.6. The van der Waals surface area contributed by atoms with Gasteiger partial charge >= 0.3 is 0 Å². The second kappa shape index (κ2) is 6.78. The van der Waals surface area contributed by atoms with E-state index in [2.05, 4.69) is 12.1 Å². The molecule has 2 atom stereocenters. The Morgan fingerprint density at radius 3 is 1.19 bits per heavy atom. The van der Waals surface area contributed by atoms with Crippen LogP contribution in [0.5, 0.6) is 0 Å². The minimum absolute atomic E-state index is 0.833. The van der Waals surface area contributed by atoms with Crippen molar-refractivity contribution in [3.63, 3.8) is 0 Å². The molecule has 2 nitrogen and oxygen atoms in total. The van der Waals surface area contributed by atoms with Gasteiger partial charge in [-0.1, -0.05) is 60.7 Å². The second-order valence-corrected chi connectivity index (χ2v) is 8.92. The molecule has 0 aromatic heterocycles. The van der Waals surface area contributed by atoms with Crippen molar-refractivity contribution in [3.05, 3.63) is 72.8 Å². The predicted octanol–water partition coefficient (Wildman–Crippen LogP) is 5.04. The Labute approximate surface area is 158 Å². The van der Waals surface area contributed by atoms with Gasteiger partial charge in [0.2, 0.25) is 0 Å². The average molecular weight is 379 g/mol. The highest BCUT2D eigenvalue weighted by Crippen LogP contribution is 2.46. The van der Waals surface area contributed by atoms with Gasteiger partial charge in [-0.05, 0) is 45.5 Å². The van der Waals surface area contributed by atoms with E-state index in [9.17, 15) is 8.42 Å². The van der Waals surface area contributed by atoms with Crippen LogP contribution in [-0.4, -0.2) is 20.9 Å². The van der Waals surface area contributed by atoms with E-state index in [1.807, 2.05) is 60.7 Å². The normalized spacial score (nSPS) is 13.8. The van der Waals surface area contributed by atoms with Crippen molar-refractivity contribution < 1.29 is 8.42 Å². The summed E-state index contributed by atoms with van der Waals surface area (Å²) in [6.07, 6.45) is 3.42. The molecule has 4 aliphatic rings. The first-order valence-electron chi connectivity index (χ1n) is 8.28. The van der Waals surface area contributed by atoms with E-state index in [1.54, 1.807) is 12.5 Å². The third-order valence-corrected chi connectivity index (χ3v) is 6.56. The molecular formula is C22H18O2S2. The highest BCUT2D eigenvalue weighted by Gasteiger charge is 2.24. The van der Waals surface area contributed by atoms with Gasteiger partial charge in [0.15, 0.2) is 0 Å². The minimum Gasteiger partial charge on any atom is -0.255 e. The lowest BCUT2D eigenvalue weighted by atomic mass is 10.0. The van der Waals surface area contributed by atoms with Crippen LogP contribution in [0.1, 0.15) is 0 Å². The summed E-state index contributed by atoms with van der Waals surface area (Å²) in [6.45, 7) is 0. The topological polar surface area (TPSA) is 34.1 Å². The molecule has 0 radical (unpaired) electrons. The molecule has 0 N–H and O–H groups in total. The molecule has 4 aliphatic carbocycles. The Balaban J connectivity index is 2.07. The maximum atomic E-state index is 12.3. The molecule has 0 aromatic carbocycles. The summed E-state index contributed by atoms with van der Waals surface area (Å²) in [5.41, 5.74) is 6.20. The fraction of sp³-hybridized carbons (Fsp3) is 0.0909. The molecule has 2 unspecified atom stereocenters. The zero-order valence-corrected chi connectivity index (χ0v) is 16.2. The molecule has 0 heterocycles. The Bertz CT molecular complexity index is 1010. The van der Waals surface area contributed by atoms with Gasteiger partial charge in [-0.15, -0.1) is 0 Å². The Morgan fingerprint density at radius 2 is 0.846 bits per heavy atom. The third-order valence-electron chi connectivity index (χ3n) is 4.65. The highest BCUT2D eigenvalue weighted by atomic mass is 32.2.